The molecule has 1 aromatic heterocycles. The molecule has 0 saturated carbocycles. The summed E-state index contributed by atoms with van der Waals surface area (Å²) >= 11 is 0. The van der Waals surface area contributed by atoms with Gasteiger partial charge in [-0.25, -0.2) is 4.99 Å². The van der Waals surface area contributed by atoms with Gasteiger partial charge in [0.2, 0.25) is 0 Å². The third-order valence-corrected chi connectivity index (χ3v) is 7.32. The molecule has 0 bridgehead atoms. The molecular formula is C43H35N3. The number of nitrogens with zero attached hydrogens (tertiary/aromatic N) is 2. The predicted octanol–water partition coefficient (Wildman–Crippen LogP) is 10.8. The number of aliphatic imine (C=N–C) groups is 1. The van der Waals surface area contributed by atoms with E-state index >= 15 is 0 Å². The molecule has 0 atom stereocenters. The molecule has 0 saturated heterocycles. The van der Waals surface area contributed by atoms with Crippen molar-refractivity contribution in [3.05, 3.63) is 211 Å². The summed E-state index contributed by atoms with van der Waals surface area (Å²) in [4.78, 5) is 8.97. The normalized spacial score (nSPS) is 11.7. The molecule has 222 valence electrons. The Balaban J connectivity index is 1.38. The van der Waals surface area contributed by atoms with Gasteiger partial charge in [0, 0.05) is 23.5 Å². The van der Waals surface area contributed by atoms with E-state index in [0.29, 0.717) is 11.3 Å². The van der Waals surface area contributed by atoms with Crippen molar-refractivity contribution in [1.29, 1.82) is 5.41 Å². The fourth-order valence-electron chi connectivity index (χ4n) is 4.63. The van der Waals surface area contributed by atoms with Gasteiger partial charge in [-0.2, -0.15) is 0 Å². The zero-order chi connectivity index (χ0) is 32.1. The number of nitrogens with one attached hydrogen (secondary N) is 1. The summed E-state index contributed by atoms with van der Waals surface area (Å²) in [6.07, 6.45) is 15.1. The Morgan fingerprint density at radius 2 is 1.13 bits per heavy atom. The second kappa shape index (κ2) is 15.5. The van der Waals surface area contributed by atoms with Gasteiger partial charge in [0.1, 0.15) is 0 Å². The van der Waals surface area contributed by atoms with Crippen molar-refractivity contribution < 1.29 is 0 Å². The molecule has 0 radical (unpaired) electrons. The number of aromatic nitrogens is 1. The van der Waals surface area contributed by atoms with Crippen molar-refractivity contribution in [2.45, 2.75) is 0 Å². The lowest BCUT2D eigenvalue weighted by molar-refractivity contribution is 1.33. The molecule has 3 heteroatoms. The van der Waals surface area contributed by atoms with E-state index in [-0.39, 0.29) is 5.84 Å². The first-order chi connectivity index (χ1) is 22.5. The summed E-state index contributed by atoms with van der Waals surface area (Å²) < 4.78 is 0. The molecule has 5 rings (SSSR count). The number of amidine groups is 1. The van der Waals surface area contributed by atoms with Crippen LogP contribution in [0.15, 0.2) is 199 Å². The molecule has 0 spiro atoms. The molecule has 0 amide bonds. The molecule has 0 aliphatic heterocycles. The van der Waals surface area contributed by atoms with Crippen LogP contribution in [0.1, 0.15) is 16.7 Å². The van der Waals surface area contributed by atoms with Crippen LogP contribution in [-0.4, -0.2) is 16.5 Å². The zero-order valence-corrected chi connectivity index (χ0v) is 25.7. The number of benzene rings is 4. The molecule has 0 unspecified atom stereocenters. The molecule has 0 aliphatic carbocycles. The maximum absolute atomic E-state index is 8.80. The quantitative estimate of drug-likeness (QED) is 0.0924. The van der Waals surface area contributed by atoms with E-state index in [1.54, 1.807) is 12.3 Å². The Morgan fingerprint density at radius 1 is 0.543 bits per heavy atom. The summed E-state index contributed by atoms with van der Waals surface area (Å²) in [6.45, 7) is 12.4. The van der Waals surface area contributed by atoms with E-state index in [1.807, 2.05) is 109 Å². The Morgan fingerprint density at radius 3 is 1.85 bits per heavy atom. The summed E-state index contributed by atoms with van der Waals surface area (Å²) in [5.41, 5.74) is 9.98. The van der Waals surface area contributed by atoms with Crippen molar-refractivity contribution >= 4 is 23.7 Å². The van der Waals surface area contributed by atoms with Crippen LogP contribution < -0.4 is 0 Å². The van der Waals surface area contributed by atoms with Gasteiger partial charge in [0.05, 0.1) is 5.71 Å². The average Bonchev–Trinajstić information content (AvgIpc) is 3.12. The Bertz CT molecular complexity index is 1960. The van der Waals surface area contributed by atoms with E-state index in [2.05, 4.69) is 73.3 Å². The van der Waals surface area contributed by atoms with Gasteiger partial charge in [-0.1, -0.05) is 159 Å². The van der Waals surface area contributed by atoms with Gasteiger partial charge in [0.25, 0.3) is 0 Å². The maximum Gasteiger partial charge on any atom is 0.151 e. The van der Waals surface area contributed by atoms with E-state index in [0.717, 1.165) is 50.1 Å². The second-order valence-electron chi connectivity index (χ2n) is 10.6. The number of hydrogen-bond acceptors (Lipinski definition) is 2. The molecule has 1 heterocycles. The molecule has 46 heavy (non-hydrogen) atoms. The summed E-state index contributed by atoms with van der Waals surface area (Å²) in [7, 11) is 0. The molecule has 1 N–H and O–H groups in total. The Kier molecular flexibility index (Phi) is 10.5. The zero-order valence-electron chi connectivity index (χ0n) is 25.7. The van der Waals surface area contributed by atoms with Gasteiger partial charge in [0.15, 0.2) is 5.84 Å². The number of pyridine rings is 1. The van der Waals surface area contributed by atoms with Gasteiger partial charge in [-0.3, -0.25) is 10.4 Å². The standard InChI is InChI=1S/C43H35N3/c1-32(33(2)21-22-35-12-6-4-7-13-35)19-20-34(3)43(44)46-42(40-17-10-16-39(30-40)37-14-8-5-9-15-37)28-25-36-23-26-38(27-24-36)41-18-11-29-45-31-41/h4-31,44H,1-3H2/b20-19-,22-21-,28-25+,44-43?,46-42+. The minimum absolute atomic E-state index is 0.0613. The smallest absolute Gasteiger partial charge is 0.151 e. The molecule has 0 aliphatic rings. The minimum Gasteiger partial charge on any atom is -0.282 e. The van der Waals surface area contributed by atoms with Crippen molar-refractivity contribution in [3.8, 4) is 22.3 Å². The van der Waals surface area contributed by atoms with Crippen LogP contribution in [-0.2, 0) is 0 Å². The lowest BCUT2D eigenvalue weighted by Crippen LogP contribution is -2.04. The number of rotatable bonds is 11. The summed E-state index contributed by atoms with van der Waals surface area (Å²) in [5, 5.41) is 8.80. The van der Waals surface area contributed by atoms with E-state index in [9.17, 15) is 0 Å². The van der Waals surface area contributed by atoms with Gasteiger partial charge in [-0.15, -0.1) is 0 Å². The van der Waals surface area contributed by atoms with Crippen LogP contribution in [0, 0.1) is 5.41 Å². The maximum atomic E-state index is 8.80. The van der Waals surface area contributed by atoms with Gasteiger partial charge < -0.3 is 0 Å². The number of allylic oxidation sites excluding steroid dienone is 5. The second-order valence-corrected chi connectivity index (χ2v) is 10.6. The highest BCUT2D eigenvalue weighted by atomic mass is 14.8. The average molecular weight is 594 g/mol. The van der Waals surface area contributed by atoms with E-state index < -0.39 is 0 Å². The van der Waals surface area contributed by atoms with Crippen LogP contribution in [0.25, 0.3) is 34.4 Å². The molecule has 5 aromatic rings. The van der Waals surface area contributed by atoms with Crippen LogP contribution in [0.3, 0.4) is 0 Å². The largest absolute Gasteiger partial charge is 0.282 e. The fourth-order valence-corrected chi connectivity index (χ4v) is 4.63. The van der Waals surface area contributed by atoms with E-state index in [4.69, 9.17) is 10.4 Å². The molecule has 0 fully saturated rings. The monoisotopic (exact) mass is 593 g/mol. The lowest BCUT2D eigenvalue weighted by Gasteiger charge is -2.08. The van der Waals surface area contributed by atoms with Crippen LogP contribution in [0.5, 0.6) is 0 Å². The van der Waals surface area contributed by atoms with Crippen molar-refractivity contribution in [3.63, 3.8) is 0 Å². The van der Waals surface area contributed by atoms with Crippen molar-refractivity contribution in [1.82, 2.24) is 4.98 Å². The highest BCUT2D eigenvalue weighted by molar-refractivity contribution is 6.18. The lowest BCUT2D eigenvalue weighted by atomic mass is 10.00. The van der Waals surface area contributed by atoms with Crippen LogP contribution in [0.2, 0.25) is 0 Å². The SMILES string of the molecule is C=C(/C=C\C(=C)C(=N)/N=C(\C=C\c1ccc(-c2cccnc2)cc1)c1cccc(-c2ccccc2)c1)C(=C)/C=C\c1ccccc1. The first-order valence-electron chi connectivity index (χ1n) is 15.0. The fraction of sp³-hybridized carbons (Fsp3) is 0. The van der Waals surface area contributed by atoms with Crippen LogP contribution >= 0.6 is 0 Å². The third-order valence-electron chi connectivity index (χ3n) is 7.32. The topological polar surface area (TPSA) is 49.1 Å². The third kappa shape index (κ3) is 8.68. The summed E-state index contributed by atoms with van der Waals surface area (Å²) in [6, 6.07) is 40.7. The summed E-state index contributed by atoms with van der Waals surface area (Å²) in [5.74, 6) is 0.0613. The van der Waals surface area contributed by atoms with Gasteiger partial charge in [-0.05, 0) is 62.7 Å². The highest BCUT2D eigenvalue weighted by Gasteiger charge is 2.07. The van der Waals surface area contributed by atoms with Crippen molar-refractivity contribution in [2.75, 3.05) is 0 Å². The predicted molar refractivity (Wildman–Crippen MR) is 197 cm³/mol. The highest BCUT2D eigenvalue weighted by Crippen LogP contribution is 2.22. The molecule has 3 nitrogen and oxygen atoms in total. The molecule has 4 aromatic carbocycles. The number of hydrogen-bond donors (Lipinski definition) is 1. The van der Waals surface area contributed by atoms with E-state index in [1.165, 1.54) is 0 Å². The first-order valence-corrected chi connectivity index (χ1v) is 15.0. The molecular weight excluding hydrogens is 558 g/mol. The van der Waals surface area contributed by atoms with Gasteiger partial charge >= 0.3 is 0 Å². The Hall–Kier alpha value is -6.19. The minimum atomic E-state index is 0.0613. The van der Waals surface area contributed by atoms with Crippen molar-refractivity contribution in [2.24, 2.45) is 4.99 Å². The Labute approximate surface area is 271 Å². The van der Waals surface area contributed by atoms with Crippen LogP contribution in [0.4, 0.5) is 0 Å². The first kappa shape index (κ1) is 31.2.